The van der Waals surface area contributed by atoms with Crippen molar-refractivity contribution >= 4 is 10.9 Å². The summed E-state index contributed by atoms with van der Waals surface area (Å²) >= 11 is 0. The van der Waals surface area contributed by atoms with Gasteiger partial charge in [-0.15, -0.1) is 0 Å². The molecule has 0 spiro atoms. The minimum Gasteiger partial charge on any atom is -0.472 e. The van der Waals surface area contributed by atoms with Crippen LogP contribution in [-0.2, 0) is 6.61 Å². The SMILES string of the molecule is OCc1ccc2nccc(-c3ccoc3)c2c1. The molecule has 3 rings (SSSR count). The van der Waals surface area contributed by atoms with E-state index >= 15 is 0 Å². The number of furan rings is 1. The second-order valence-corrected chi connectivity index (χ2v) is 3.88. The van der Waals surface area contributed by atoms with Crippen molar-refractivity contribution in [3.8, 4) is 11.1 Å². The lowest BCUT2D eigenvalue weighted by atomic mass is 10.0. The molecule has 3 aromatic rings. The van der Waals surface area contributed by atoms with E-state index in [0.717, 1.165) is 27.6 Å². The van der Waals surface area contributed by atoms with Gasteiger partial charge in [-0.25, -0.2) is 0 Å². The molecule has 2 aromatic heterocycles. The van der Waals surface area contributed by atoms with E-state index in [2.05, 4.69) is 4.98 Å². The van der Waals surface area contributed by atoms with E-state index in [9.17, 15) is 5.11 Å². The van der Waals surface area contributed by atoms with Crippen molar-refractivity contribution in [2.45, 2.75) is 6.61 Å². The number of fused-ring (bicyclic) bond motifs is 1. The van der Waals surface area contributed by atoms with Gasteiger partial charge in [0.2, 0.25) is 0 Å². The summed E-state index contributed by atoms with van der Waals surface area (Å²) in [4.78, 5) is 4.31. The Morgan fingerprint density at radius 1 is 1.18 bits per heavy atom. The van der Waals surface area contributed by atoms with E-state index in [4.69, 9.17) is 4.42 Å². The molecule has 1 N–H and O–H groups in total. The Hall–Kier alpha value is -2.13. The Kier molecular flexibility index (Phi) is 2.38. The zero-order chi connectivity index (χ0) is 11.7. The molecule has 0 saturated carbocycles. The van der Waals surface area contributed by atoms with Crippen LogP contribution in [0.2, 0.25) is 0 Å². The van der Waals surface area contributed by atoms with Crippen molar-refractivity contribution in [3.63, 3.8) is 0 Å². The van der Waals surface area contributed by atoms with Crippen molar-refractivity contribution in [1.82, 2.24) is 4.98 Å². The summed E-state index contributed by atoms with van der Waals surface area (Å²) in [6, 6.07) is 9.64. The Labute approximate surface area is 98.3 Å². The summed E-state index contributed by atoms with van der Waals surface area (Å²) in [7, 11) is 0. The topological polar surface area (TPSA) is 46.3 Å². The summed E-state index contributed by atoms with van der Waals surface area (Å²) in [5, 5.41) is 10.2. The number of nitrogens with zero attached hydrogens (tertiary/aromatic N) is 1. The summed E-state index contributed by atoms with van der Waals surface area (Å²) in [5.41, 5.74) is 3.89. The van der Waals surface area contributed by atoms with Crippen molar-refractivity contribution in [2.24, 2.45) is 0 Å². The number of rotatable bonds is 2. The molecule has 0 unspecified atom stereocenters. The number of pyridine rings is 1. The summed E-state index contributed by atoms with van der Waals surface area (Å²) in [5.74, 6) is 0. The van der Waals surface area contributed by atoms with Gasteiger partial charge in [0.05, 0.1) is 24.6 Å². The Balaban J connectivity index is 2.30. The van der Waals surface area contributed by atoms with Gasteiger partial charge in [-0.05, 0) is 35.4 Å². The van der Waals surface area contributed by atoms with Gasteiger partial charge in [-0.1, -0.05) is 6.07 Å². The molecule has 0 aliphatic heterocycles. The molecular formula is C14H11NO2. The molecule has 0 aliphatic rings. The number of hydrogen-bond acceptors (Lipinski definition) is 3. The van der Waals surface area contributed by atoms with E-state index in [1.54, 1.807) is 18.7 Å². The molecule has 0 bridgehead atoms. The first-order valence-electron chi connectivity index (χ1n) is 5.39. The van der Waals surface area contributed by atoms with E-state index < -0.39 is 0 Å². The maximum Gasteiger partial charge on any atom is 0.0981 e. The van der Waals surface area contributed by atoms with E-state index in [1.807, 2.05) is 30.3 Å². The molecule has 1 aromatic carbocycles. The monoisotopic (exact) mass is 225 g/mol. The van der Waals surface area contributed by atoms with Crippen LogP contribution in [0.1, 0.15) is 5.56 Å². The molecule has 2 heterocycles. The predicted molar refractivity (Wildman–Crippen MR) is 65.4 cm³/mol. The van der Waals surface area contributed by atoms with Crippen LogP contribution in [0.25, 0.3) is 22.0 Å². The molecule has 0 radical (unpaired) electrons. The van der Waals surface area contributed by atoms with E-state index in [-0.39, 0.29) is 6.61 Å². The van der Waals surface area contributed by atoms with Crippen molar-refractivity contribution in [2.75, 3.05) is 0 Å². The second kappa shape index (κ2) is 4.03. The normalized spacial score (nSPS) is 10.9. The molecule has 0 aliphatic carbocycles. The van der Waals surface area contributed by atoms with Crippen LogP contribution in [0.3, 0.4) is 0 Å². The number of benzene rings is 1. The Morgan fingerprint density at radius 3 is 2.88 bits per heavy atom. The lowest BCUT2D eigenvalue weighted by Crippen LogP contribution is -1.87. The van der Waals surface area contributed by atoms with Crippen molar-refractivity contribution in [1.29, 1.82) is 0 Å². The third kappa shape index (κ3) is 1.70. The van der Waals surface area contributed by atoms with Crippen LogP contribution in [0.4, 0.5) is 0 Å². The summed E-state index contributed by atoms with van der Waals surface area (Å²) < 4.78 is 5.10. The third-order valence-corrected chi connectivity index (χ3v) is 2.82. The van der Waals surface area contributed by atoms with Gasteiger partial charge >= 0.3 is 0 Å². The molecule has 0 saturated heterocycles. The molecule has 0 atom stereocenters. The fourth-order valence-corrected chi connectivity index (χ4v) is 1.96. The number of hydrogen-bond donors (Lipinski definition) is 1. The maximum atomic E-state index is 9.18. The maximum absolute atomic E-state index is 9.18. The lowest BCUT2D eigenvalue weighted by molar-refractivity contribution is 0.282. The number of aliphatic hydroxyl groups excluding tert-OH is 1. The minimum absolute atomic E-state index is 0.0374. The third-order valence-electron chi connectivity index (χ3n) is 2.82. The number of aromatic nitrogens is 1. The molecule has 3 heteroatoms. The molecule has 0 amide bonds. The molecule has 0 fully saturated rings. The average molecular weight is 225 g/mol. The average Bonchev–Trinajstić information content (AvgIpc) is 2.91. The summed E-state index contributed by atoms with van der Waals surface area (Å²) in [6.45, 7) is 0.0374. The fraction of sp³-hybridized carbons (Fsp3) is 0.0714. The van der Waals surface area contributed by atoms with Gasteiger partial charge in [-0.2, -0.15) is 0 Å². The van der Waals surface area contributed by atoms with Crippen LogP contribution in [0, 0.1) is 0 Å². The fourth-order valence-electron chi connectivity index (χ4n) is 1.96. The highest BCUT2D eigenvalue weighted by atomic mass is 16.3. The van der Waals surface area contributed by atoms with Gasteiger partial charge in [0, 0.05) is 17.1 Å². The standard InChI is InChI=1S/C14H11NO2/c16-8-10-1-2-14-13(7-10)12(3-5-15-14)11-4-6-17-9-11/h1-7,9,16H,8H2. The highest BCUT2D eigenvalue weighted by molar-refractivity contribution is 5.94. The predicted octanol–water partition coefficient (Wildman–Crippen LogP) is 2.99. The van der Waals surface area contributed by atoms with Crippen LogP contribution >= 0.6 is 0 Å². The van der Waals surface area contributed by atoms with Crippen LogP contribution in [0.15, 0.2) is 53.5 Å². The number of aliphatic hydroxyl groups is 1. The van der Waals surface area contributed by atoms with Crippen LogP contribution < -0.4 is 0 Å². The first-order chi connectivity index (χ1) is 8.38. The van der Waals surface area contributed by atoms with E-state index in [0.29, 0.717) is 0 Å². The second-order valence-electron chi connectivity index (χ2n) is 3.88. The Bertz CT molecular complexity index is 644. The van der Waals surface area contributed by atoms with Crippen molar-refractivity contribution in [3.05, 3.63) is 54.6 Å². The molecule has 17 heavy (non-hydrogen) atoms. The quantitative estimate of drug-likeness (QED) is 0.729. The van der Waals surface area contributed by atoms with Crippen LogP contribution in [-0.4, -0.2) is 10.1 Å². The first kappa shape index (κ1) is 10.1. The largest absolute Gasteiger partial charge is 0.472 e. The zero-order valence-electron chi connectivity index (χ0n) is 9.13. The van der Waals surface area contributed by atoms with Gasteiger partial charge in [0.25, 0.3) is 0 Å². The lowest BCUT2D eigenvalue weighted by Gasteiger charge is -2.05. The van der Waals surface area contributed by atoms with Crippen LogP contribution in [0.5, 0.6) is 0 Å². The zero-order valence-corrected chi connectivity index (χ0v) is 9.13. The summed E-state index contributed by atoms with van der Waals surface area (Å²) in [6.07, 6.45) is 5.14. The smallest absolute Gasteiger partial charge is 0.0981 e. The van der Waals surface area contributed by atoms with Gasteiger partial charge in [0.1, 0.15) is 0 Å². The highest BCUT2D eigenvalue weighted by Gasteiger charge is 2.06. The Morgan fingerprint density at radius 2 is 2.12 bits per heavy atom. The van der Waals surface area contributed by atoms with Crippen molar-refractivity contribution < 1.29 is 9.52 Å². The van der Waals surface area contributed by atoms with Gasteiger partial charge in [0.15, 0.2) is 0 Å². The van der Waals surface area contributed by atoms with Gasteiger partial charge in [-0.3, -0.25) is 4.98 Å². The van der Waals surface area contributed by atoms with Gasteiger partial charge < -0.3 is 9.52 Å². The molecule has 3 nitrogen and oxygen atoms in total. The molecular weight excluding hydrogens is 214 g/mol. The van der Waals surface area contributed by atoms with E-state index in [1.165, 1.54) is 0 Å². The first-order valence-corrected chi connectivity index (χ1v) is 5.39. The highest BCUT2D eigenvalue weighted by Crippen LogP contribution is 2.28. The molecule has 84 valence electrons. The minimum atomic E-state index is 0.0374.